The van der Waals surface area contributed by atoms with Crippen LogP contribution in [0.1, 0.15) is 10.4 Å². The maximum atomic E-state index is 11.7. The first-order valence-corrected chi connectivity index (χ1v) is 5.58. The lowest BCUT2D eigenvalue weighted by molar-refractivity contribution is 0.0733. The number of carbonyl (C=O) groups excluding carboxylic acids is 1. The second kappa shape index (κ2) is 4.94. The molecule has 0 saturated carbocycles. The highest BCUT2D eigenvalue weighted by Crippen LogP contribution is 2.24. The third-order valence-corrected chi connectivity index (χ3v) is 2.70. The highest BCUT2D eigenvalue weighted by molar-refractivity contribution is 9.10. The Hall–Kier alpha value is -1.61. The van der Waals surface area contributed by atoms with E-state index in [1.807, 2.05) is 24.3 Å². The number of ether oxygens (including phenoxy) is 1. The minimum Gasteiger partial charge on any atom is -0.422 e. The van der Waals surface area contributed by atoms with Crippen molar-refractivity contribution in [2.45, 2.75) is 0 Å². The van der Waals surface area contributed by atoms with Crippen LogP contribution in [0.5, 0.6) is 5.75 Å². The second-order valence-electron chi connectivity index (χ2n) is 3.19. The minimum atomic E-state index is -0.354. The zero-order valence-corrected chi connectivity index (χ0v) is 9.98. The van der Waals surface area contributed by atoms with Gasteiger partial charge in [-0.15, -0.1) is 0 Å². The van der Waals surface area contributed by atoms with E-state index in [2.05, 4.69) is 15.9 Å². The Morgan fingerprint density at radius 1 is 0.938 bits per heavy atom. The molecule has 2 aromatic carbocycles. The number of para-hydroxylation sites is 1. The van der Waals surface area contributed by atoms with E-state index >= 15 is 0 Å². The molecular weight excluding hydrogens is 268 g/mol. The molecule has 0 unspecified atom stereocenters. The smallest absolute Gasteiger partial charge is 0.343 e. The summed E-state index contributed by atoms with van der Waals surface area (Å²) in [6, 6.07) is 16.2. The number of carbonyl (C=O) groups is 1. The lowest BCUT2D eigenvalue weighted by Gasteiger charge is -2.05. The molecule has 0 heterocycles. The maximum absolute atomic E-state index is 11.7. The molecule has 0 spiro atoms. The Labute approximate surface area is 102 Å². The molecule has 0 fully saturated rings. The van der Waals surface area contributed by atoms with Gasteiger partial charge in [0.25, 0.3) is 0 Å². The van der Waals surface area contributed by atoms with Crippen molar-refractivity contribution in [2.24, 2.45) is 0 Å². The molecule has 0 aliphatic heterocycles. The van der Waals surface area contributed by atoms with Crippen LogP contribution in [0, 0.1) is 0 Å². The predicted molar refractivity (Wildman–Crippen MR) is 65.5 cm³/mol. The van der Waals surface area contributed by atoms with Gasteiger partial charge in [0.05, 0.1) is 10.0 Å². The van der Waals surface area contributed by atoms with Crippen molar-refractivity contribution >= 4 is 21.9 Å². The van der Waals surface area contributed by atoms with Crippen molar-refractivity contribution in [3.8, 4) is 5.75 Å². The molecule has 0 amide bonds. The van der Waals surface area contributed by atoms with Gasteiger partial charge in [0.1, 0.15) is 5.75 Å². The summed E-state index contributed by atoms with van der Waals surface area (Å²) in [6.45, 7) is 0. The first-order chi connectivity index (χ1) is 7.77. The summed E-state index contributed by atoms with van der Waals surface area (Å²) >= 11 is 3.32. The van der Waals surface area contributed by atoms with E-state index in [1.54, 1.807) is 30.3 Å². The molecule has 2 nitrogen and oxygen atoms in total. The van der Waals surface area contributed by atoms with E-state index in [0.717, 1.165) is 4.47 Å². The zero-order chi connectivity index (χ0) is 11.4. The van der Waals surface area contributed by atoms with E-state index in [-0.39, 0.29) is 5.97 Å². The van der Waals surface area contributed by atoms with E-state index < -0.39 is 0 Å². The van der Waals surface area contributed by atoms with Crippen LogP contribution in [0.4, 0.5) is 0 Å². The molecule has 0 atom stereocenters. The fourth-order valence-electron chi connectivity index (χ4n) is 1.26. The van der Waals surface area contributed by atoms with Crippen molar-refractivity contribution in [3.05, 3.63) is 64.6 Å². The maximum Gasteiger partial charge on any atom is 0.343 e. The number of benzene rings is 2. The van der Waals surface area contributed by atoms with Crippen LogP contribution in [0.2, 0.25) is 0 Å². The molecule has 80 valence electrons. The van der Waals surface area contributed by atoms with Crippen LogP contribution in [-0.2, 0) is 0 Å². The monoisotopic (exact) mass is 276 g/mol. The molecule has 0 bridgehead atoms. The number of hydrogen-bond donors (Lipinski definition) is 0. The van der Waals surface area contributed by atoms with Crippen LogP contribution >= 0.6 is 15.9 Å². The Balaban J connectivity index is 2.18. The van der Waals surface area contributed by atoms with Crippen molar-refractivity contribution < 1.29 is 9.53 Å². The van der Waals surface area contributed by atoms with Crippen LogP contribution < -0.4 is 4.74 Å². The summed E-state index contributed by atoms with van der Waals surface area (Å²) in [5, 5.41) is 0. The van der Waals surface area contributed by atoms with E-state index in [9.17, 15) is 4.79 Å². The molecule has 2 aromatic rings. The van der Waals surface area contributed by atoms with E-state index in [4.69, 9.17) is 4.74 Å². The summed E-state index contributed by atoms with van der Waals surface area (Å²) in [6.07, 6.45) is 0. The molecule has 2 rings (SSSR count). The van der Waals surface area contributed by atoms with E-state index in [1.165, 1.54) is 0 Å². The zero-order valence-electron chi connectivity index (χ0n) is 8.39. The Morgan fingerprint density at radius 3 is 2.25 bits per heavy atom. The molecule has 0 aromatic heterocycles. The number of hydrogen-bond acceptors (Lipinski definition) is 2. The van der Waals surface area contributed by atoms with Crippen LogP contribution in [0.3, 0.4) is 0 Å². The number of rotatable bonds is 2. The summed E-state index contributed by atoms with van der Waals surface area (Å²) in [5.74, 6) is 0.170. The van der Waals surface area contributed by atoms with Crippen molar-refractivity contribution in [1.82, 2.24) is 0 Å². The highest BCUT2D eigenvalue weighted by Gasteiger charge is 2.09. The molecular formula is C13H9BrO2. The molecule has 0 N–H and O–H groups in total. The topological polar surface area (TPSA) is 26.3 Å². The Kier molecular flexibility index (Phi) is 3.37. The quantitative estimate of drug-likeness (QED) is 0.618. The highest BCUT2D eigenvalue weighted by atomic mass is 79.9. The third-order valence-electron chi connectivity index (χ3n) is 2.05. The van der Waals surface area contributed by atoms with Crippen LogP contribution in [0.25, 0.3) is 0 Å². The molecule has 16 heavy (non-hydrogen) atoms. The lowest BCUT2D eigenvalue weighted by atomic mass is 10.2. The van der Waals surface area contributed by atoms with Gasteiger partial charge in [-0.3, -0.25) is 0 Å². The van der Waals surface area contributed by atoms with Gasteiger partial charge in [-0.05, 0) is 40.2 Å². The van der Waals surface area contributed by atoms with Gasteiger partial charge in [-0.1, -0.05) is 30.3 Å². The van der Waals surface area contributed by atoms with Gasteiger partial charge in [-0.2, -0.15) is 0 Å². The lowest BCUT2D eigenvalue weighted by Crippen LogP contribution is -2.08. The predicted octanol–water partition coefficient (Wildman–Crippen LogP) is 3.67. The van der Waals surface area contributed by atoms with Crippen molar-refractivity contribution in [2.75, 3.05) is 0 Å². The van der Waals surface area contributed by atoms with Gasteiger partial charge in [0.15, 0.2) is 0 Å². The fourth-order valence-corrected chi connectivity index (χ4v) is 1.63. The summed E-state index contributed by atoms with van der Waals surface area (Å²) in [5.41, 5.74) is 0.540. The molecule has 0 aliphatic rings. The largest absolute Gasteiger partial charge is 0.422 e. The average Bonchev–Trinajstić information content (AvgIpc) is 2.33. The first kappa shape index (κ1) is 10.9. The standard InChI is InChI=1S/C13H9BrO2/c14-11-8-4-5-9-12(11)16-13(15)10-6-2-1-3-7-10/h1-9H. The van der Waals surface area contributed by atoms with Gasteiger partial charge < -0.3 is 4.74 Å². The molecule has 0 radical (unpaired) electrons. The Bertz CT molecular complexity index is 494. The van der Waals surface area contributed by atoms with Crippen LogP contribution in [-0.4, -0.2) is 5.97 Å². The van der Waals surface area contributed by atoms with Gasteiger partial charge in [0, 0.05) is 0 Å². The average molecular weight is 277 g/mol. The summed E-state index contributed by atoms with van der Waals surface area (Å²) in [4.78, 5) is 11.7. The SMILES string of the molecule is O=C(Oc1ccccc1Br)c1ccccc1. The van der Waals surface area contributed by atoms with Crippen molar-refractivity contribution in [3.63, 3.8) is 0 Å². The normalized spacial score (nSPS) is 9.81. The molecule has 0 aliphatic carbocycles. The van der Waals surface area contributed by atoms with Gasteiger partial charge >= 0.3 is 5.97 Å². The number of esters is 1. The summed E-state index contributed by atoms with van der Waals surface area (Å²) in [7, 11) is 0. The second-order valence-corrected chi connectivity index (χ2v) is 4.04. The first-order valence-electron chi connectivity index (χ1n) is 4.79. The molecule has 0 saturated heterocycles. The number of halogens is 1. The minimum absolute atomic E-state index is 0.354. The summed E-state index contributed by atoms with van der Waals surface area (Å²) < 4.78 is 6.01. The van der Waals surface area contributed by atoms with Crippen molar-refractivity contribution in [1.29, 1.82) is 0 Å². The third kappa shape index (κ3) is 2.49. The fraction of sp³-hybridized carbons (Fsp3) is 0. The van der Waals surface area contributed by atoms with Gasteiger partial charge in [-0.25, -0.2) is 4.79 Å². The van der Waals surface area contributed by atoms with E-state index in [0.29, 0.717) is 11.3 Å². The van der Waals surface area contributed by atoms with Crippen LogP contribution in [0.15, 0.2) is 59.1 Å². The Morgan fingerprint density at radius 2 is 1.56 bits per heavy atom. The van der Waals surface area contributed by atoms with Gasteiger partial charge in [0.2, 0.25) is 0 Å². The molecule has 3 heteroatoms.